The van der Waals surface area contributed by atoms with Crippen molar-refractivity contribution in [2.75, 3.05) is 0 Å². The lowest BCUT2D eigenvalue weighted by Gasteiger charge is -2.21. The van der Waals surface area contributed by atoms with Crippen molar-refractivity contribution >= 4 is 0 Å². The summed E-state index contributed by atoms with van der Waals surface area (Å²) in [5, 5.41) is 3.52. The molecule has 0 aliphatic carbocycles. The van der Waals surface area contributed by atoms with Gasteiger partial charge in [-0.1, -0.05) is 20.8 Å². The van der Waals surface area contributed by atoms with Crippen molar-refractivity contribution in [3.63, 3.8) is 0 Å². The summed E-state index contributed by atoms with van der Waals surface area (Å²) < 4.78 is 5.89. The van der Waals surface area contributed by atoms with Gasteiger partial charge >= 0.3 is 0 Å². The number of aromatic nitrogens is 1. The maximum atomic E-state index is 5.89. The molecule has 1 aromatic rings. The zero-order valence-corrected chi connectivity index (χ0v) is 14.1. The van der Waals surface area contributed by atoms with Crippen LogP contribution in [0, 0.1) is 0 Å². The van der Waals surface area contributed by atoms with E-state index in [1.165, 1.54) is 5.56 Å². The van der Waals surface area contributed by atoms with Crippen molar-refractivity contribution in [3.05, 3.63) is 23.4 Å². The second kappa shape index (κ2) is 7.07. The molecule has 0 aromatic carbocycles. The van der Waals surface area contributed by atoms with E-state index in [4.69, 9.17) is 4.74 Å². The van der Waals surface area contributed by atoms with E-state index in [0.29, 0.717) is 5.92 Å². The Bertz CT molecular complexity index is 421. The highest BCUT2D eigenvalue weighted by Crippen LogP contribution is 2.20. The maximum Gasteiger partial charge on any atom is 0.214 e. The fraction of sp³-hybridized carbons (Fsp3) is 0.706. The molecule has 0 fully saturated rings. The van der Waals surface area contributed by atoms with Crippen LogP contribution in [0.3, 0.4) is 0 Å². The van der Waals surface area contributed by atoms with E-state index in [9.17, 15) is 0 Å². The molecule has 1 atom stereocenters. The highest BCUT2D eigenvalue weighted by Gasteiger charge is 2.12. The highest BCUT2D eigenvalue weighted by atomic mass is 16.5. The first-order chi connectivity index (χ1) is 9.21. The third kappa shape index (κ3) is 5.91. The minimum absolute atomic E-state index is 0.110. The lowest BCUT2D eigenvalue weighted by atomic mass is 10.1. The number of nitrogens with one attached hydrogen (secondary N) is 1. The van der Waals surface area contributed by atoms with Gasteiger partial charge in [0.15, 0.2) is 0 Å². The average Bonchev–Trinajstić information content (AvgIpc) is 2.35. The largest absolute Gasteiger partial charge is 0.475 e. The van der Waals surface area contributed by atoms with Crippen LogP contribution < -0.4 is 10.1 Å². The quantitative estimate of drug-likeness (QED) is 0.843. The lowest BCUT2D eigenvalue weighted by molar-refractivity contribution is 0.207. The summed E-state index contributed by atoms with van der Waals surface area (Å²) in [5.74, 6) is 1.15. The SMILES string of the molecule is CCC(C)Oc1cc(CNC(C)(C)C)cc(C(C)C)n1. The molecule has 3 nitrogen and oxygen atoms in total. The molecule has 114 valence electrons. The van der Waals surface area contributed by atoms with Crippen molar-refractivity contribution in [1.82, 2.24) is 10.3 Å². The van der Waals surface area contributed by atoms with Gasteiger partial charge in [0.05, 0.1) is 6.10 Å². The summed E-state index contributed by atoms with van der Waals surface area (Å²) in [7, 11) is 0. The Morgan fingerprint density at radius 2 is 1.85 bits per heavy atom. The van der Waals surface area contributed by atoms with Crippen LogP contribution in [0.4, 0.5) is 0 Å². The second-order valence-electron chi connectivity index (χ2n) is 6.83. The predicted octanol–water partition coefficient (Wildman–Crippen LogP) is 4.27. The number of pyridine rings is 1. The molecule has 0 saturated heterocycles. The first-order valence-corrected chi connectivity index (χ1v) is 7.63. The Kier molecular flexibility index (Phi) is 6.00. The Labute approximate surface area is 124 Å². The van der Waals surface area contributed by atoms with Crippen molar-refractivity contribution < 1.29 is 4.74 Å². The monoisotopic (exact) mass is 278 g/mol. The molecular weight excluding hydrogens is 248 g/mol. The van der Waals surface area contributed by atoms with Crippen LogP contribution in [0.5, 0.6) is 5.88 Å². The first-order valence-electron chi connectivity index (χ1n) is 7.63. The van der Waals surface area contributed by atoms with Crippen molar-refractivity contribution in [2.45, 2.75) is 79.0 Å². The van der Waals surface area contributed by atoms with Gasteiger partial charge in [0, 0.05) is 23.8 Å². The van der Waals surface area contributed by atoms with Gasteiger partial charge in [-0.2, -0.15) is 0 Å². The molecule has 1 rings (SSSR count). The van der Waals surface area contributed by atoms with Crippen molar-refractivity contribution in [1.29, 1.82) is 0 Å². The van der Waals surface area contributed by atoms with Crippen LogP contribution in [0.1, 0.15) is 72.1 Å². The zero-order valence-electron chi connectivity index (χ0n) is 14.1. The molecule has 1 aromatic heterocycles. The molecule has 20 heavy (non-hydrogen) atoms. The van der Waals surface area contributed by atoms with E-state index in [2.05, 4.69) is 70.9 Å². The first kappa shape index (κ1) is 17.0. The van der Waals surface area contributed by atoms with Gasteiger partial charge < -0.3 is 10.1 Å². The van der Waals surface area contributed by atoms with Crippen LogP contribution in [0.15, 0.2) is 12.1 Å². The molecule has 0 spiro atoms. The smallest absolute Gasteiger partial charge is 0.214 e. The Hall–Kier alpha value is -1.09. The van der Waals surface area contributed by atoms with E-state index in [-0.39, 0.29) is 11.6 Å². The molecule has 0 bridgehead atoms. The van der Waals surface area contributed by atoms with E-state index in [1.54, 1.807) is 0 Å². The number of rotatable bonds is 6. The molecule has 1 heterocycles. The summed E-state index contributed by atoms with van der Waals surface area (Å²) in [4.78, 5) is 4.62. The van der Waals surface area contributed by atoms with Gasteiger partial charge in [-0.3, -0.25) is 0 Å². The number of ether oxygens (including phenoxy) is 1. The number of nitrogens with zero attached hydrogens (tertiary/aromatic N) is 1. The molecule has 1 unspecified atom stereocenters. The van der Waals surface area contributed by atoms with Gasteiger partial charge in [-0.15, -0.1) is 0 Å². The third-order valence-electron chi connectivity index (χ3n) is 3.19. The van der Waals surface area contributed by atoms with E-state index < -0.39 is 0 Å². The Morgan fingerprint density at radius 3 is 2.35 bits per heavy atom. The van der Waals surface area contributed by atoms with E-state index in [1.807, 2.05) is 0 Å². The Balaban J connectivity index is 2.92. The van der Waals surface area contributed by atoms with Crippen molar-refractivity contribution in [3.8, 4) is 5.88 Å². The van der Waals surface area contributed by atoms with Gasteiger partial charge in [0.25, 0.3) is 0 Å². The van der Waals surface area contributed by atoms with Crippen LogP contribution in [0.2, 0.25) is 0 Å². The van der Waals surface area contributed by atoms with Gasteiger partial charge in [-0.25, -0.2) is 4.98 Å². The molecule has 0 aliphatic rings. The summed E-state index contributed by atoms with van der Waals surface area (Å²) in [6, 6.07) is 4.23. The second-order valence-corrected chi connectivity index (χ2v) is 6.83. The van der Waals surface area contributed by atoms with Gasteiger partial charge in [0.2, 0.25) is 5.88 Å². The van der Waals surface area contributed by atoms with Crippen LogP contribution in [0.25, 0.3) is 0 Å². The zero-order chi connectivity index (χ0) is 15.3. The molecule has 0 saturated carbocycles. The summed E-state index contributed by atoms with van der Waals surface area (Å²) in [6.45, 7) is 15.9. The number of hydrogen-bond acceptors (Lipinski definition) is 3. The highest BCUT2D eigenvalue weighted by molar-refractivity contribution is 5.27. The molecule has 0 radical (unpaired) electrons. The van der Waals surface area contributed by atoms with Crippen LogP contribution in [-0.2, 0) is 6.54 Å². The molecule has 0 aliphatic heterocycles. The maximum absolute atomic E-state index is 5.89. The molecule has 0 amide bonds. The van der Waals surface area contributed by atoms with Crippen LogP contribution in [-0.4, -0.2) is 16.6 Å². The standard InChI is InChI=1S/C17H30N2O/c1-8-13(4)20-16-10-14(11-18-17(5,6)7)9-15(19-16)12(2)3/h9-10,12-13,18H,8,11H2,1-7H3. The Morgan fingerprint density at radius 1 is 1.20 bits per heavy atom. The van der Waals surface area contributed by atoms with Crippen molar-refractivity contribution in [2.24, 2.45) is 0 Å². The fourth-order valence-corrected chi connectivity index (χ4v) is 1.70. The lowest BCUT2D eigenvalue weighted by Crippen LogP contribution is -2.35. The summed E-state index contributed by atoms with van der Waals surface area (Å²) in [5.41, 5.74) is 2.44. The third-order valence-corrected chi connectivity index (χ3v) is 3.19. The summed E-state index contributed by atoms with van der Waals surface area (Å²) in [6.07, 6.45) is 1.19. The summed E-state index contributed by atoms with van der Waals surface area (Å²) >= 11 is 0. The van der Waals surface area contributed by atoms with Gasteiger partial charge in [-0.05, 0) is 51.7 Å². The average molecular weight is 278 g/mol. The van der Waals surface area contributed by atoms with Crippen LogP contribution >= 0.6 is 0 Å². The van der Waals surface area contributed by atoms with Gasteiger partial charge in [0.1, 0.15) is 0 Å². The van der Waals surface area contributed by atoms with E-state index >= 15 is 0 Å². The predicted molar refractivity (Wildman–Crippen MR) is 85.3 cm³/mol. The minimum Gasteiger partial charge on any atom is -0.475 e. The van der Waals surface area contributed by atoms with E-state index in [0.717, 1.165) is 24.5 Å². The molecular formula is C17H30N2O. The normalized spacial score (nSPS) is 13.6. The molecule has 3 heteroatoms. The molecule has 1 N–H and O–H groups in total. The minimum atomic E-state index is 0.110. The topological polar surface area (TPSA) is 34.1 Å². The fourth-order valence-electron chi connectivity index (χ4n) is 1.70. The number of hydrogen-bond donors (Lipinski definition) is 1.